The van der Waals surface area contributed by atoms with Gasteiger partial charge in [-0.3, -0.25) is 0 Å². The summed E-state index contributed by atoms with van der Waals surface area (Å²) in [6.45, 7) is 0. The molecule has 0 radical (unpaired) electrons. The largest absolute Gasteiger partial charge is 0.497 e. The van der Waals surface area contributed by atoms with Crippen molar-refractivity contribution in [2.24, 2.45) is 0 Å². The highest BCUT2D eigenvalue weighted by atomic mass is 16.5. The van der Waals surface area contributed by atoms with Crippen LogP contribution in [-0.4, -0.2) is 23.3 Å². The minimum absolute atomic E-state index is 0.0312. The van der Waals surface area contributed by atoms with Gasteiger partial charge in [-0.2, -0.15) is 0 Å². The van der Waals surface area contributed by atoms with E-state index in [9.17, 15) is 9.90 Å². The Kier molecular flexibility index (Phi) is 3.18. The lowest BCUT2D eigenvalue weighted by molar-refractivity contribution is 0.0684. The lowest BCUT2D eigenvalue weighted by Gasteiger charge is -2.13. The van der Waals surface area contributed by atoms with Crippen LogP contribution in [0.25, 0.3) is 11.3 Å². The third-order valence-corrected chi connectivity index (χ3v) is 3.67. The number of nitrogens with zero attached hydrogens (tertiary/aromatic N) is 1. The molecule has 5 heteroatoms. The van der Waals surface area contributed by atoms with Crippen LogP contribution in [0.5, 0.6) is 5.75 Å². The normalized spacial score (nSPS) is 13.8. The molecule has 1 N–H and O–H groups in total. The molecule has 0 saturated carbocycles. The number of carboxylic acid groups (broad SMARTS) is 1. The summed E-state index contributed by atoms with van der Waals surface area (Å²) < 4.78 is 10.6. The third-order valence-electron chi connectivity index (χ3n) is 3.67. The minimum atomic E-state index is -1.04. The Labute approximate surface area is 116 Å². The summed E-state index contributed by atoms with van der Waals surface area (Å²) >= 11 is 0. The molecule has 0 bridgehead atoms. The van der Waals surface area contributed by atoms with Crippen LogP contribution in [0.2, 0.25) is 0 Å². The number of aromatic carboxylic acids is 1. The molecule has 0 amide bonds. The molecule has 0 unspecified atom stereocenters. The molecule has 0 aliphatic heterocycles. The third kappa shape index (κ3) is 2.05. The molecule has 20 heavy (non-hydrogen) atoms. The van der Waals surface area contributed by atoms with Crippen molar-refractivity contribution in [3.63, 3.8) is 0 Å². The molecule has 2 aromatic rings. The first kappa shape index (κ1) is 12.7. The number of aromatic nitrogens is 1. The molecule has 1 aliphatic carbocycles. The predicted molar refractivity (Wildman–Crippen MR) is 72.1 cm³/mol. The molecular formula is C15H15NO4. The quantitative estimate of drug-likeness (QED) is 0.910. The molecule has 1 heterocycles. The fourth-order valence-corrected chi connectivity index (χ4v) is 2.66. The summed E-state index contributed by atoms with van der Waals surface area (Å²) in [5, 5.41) is 12.9. The number of fused-ring (bicyclic) bond motifs is 3. The second kappa shape index (κ2) is 5.00. The number of ether oxygens (including phenoxy) is 1. The van der Waals surface area contributed by atoms with Gasteiger partial charge in [0.2, 0.25) is 0 Å². The van der Waals surface area contributed by atoms with E-state index in [0.29, 0.717) is 17.7 Å². The summed E-state index contributed by atoms with van der Waals surface area (Å²) in [4.78, 5) is 11.2. The Morgan fingerprint density at radius 3 is 2.90 bits per heavy atom. The number of carbonyl (C=O) groups is 1. The van der Waals surface area contributed by atoms with Crippen molar-refractivity contribution in [1.82, 2.24) is 5.16 Å². The second-order valence-electron chi connectivity index (χ2n) is 4.87. The molecule has 0 fully saturated rings. The van der Waals surface area contributed by atoms with Crippen molar-refractivity contribution in [3.05, 3.63) is 35.0 Å². The van der Waals surface area contributed by atoms with Crippen LogP contribution in [0.1, 0.15) is 34.5 Å². The van der Waals surface area contributed by atoms with E-state index in [0.717, 1.165) is 36.1 Å². The van der Waals surface area contributed by atoms with Crippen LogP contribution in [0.3, 0.4) is 0 Å². The second-order valence-corrected chi connectivity index (χ2v) is 4.87. The maximum Gasteiger partial charge on any atom is 0.358 e. The first-order valence-electron chi connectivity index (χ1n) is 6.60. The van der Waals surface area contributed by atoms with Crippen LogP contribution in [0.4, 0.5) is 0 Å². The monoisotopic (exact) mass is 273 g/mol. The highest BCUT2D eigenvalue weighted by Crippen LogP contribution is 2.35. The van der Waals surface area contributed by atoms with Gasteiger partial charge in [0, 0.05) is 11.1 Å². The molecule has 104 valence electrons. The molecule has 3 rings (SSSR count). The van der Waals surface area contributed by atoms with Gasteiger partial charge in [-0.25, -0.2) is 4.79 Å². The van der Waals surface area contributed by atoms with E-state index in [1.54, 1.807) is 7.11 Å². The number of hydrogen-bond donors (Lipinski definition) is 1. The average Bonchev–Trinajstić information content (AvgIpc) is 2.84. The minimum Gasteiger partial charge on any atom is -0.497 e. The van der Waals surface area contributed by atoms with Crippen molar-refractivity contribution in [2.45, 2.75) is 25.7 Å². The van der Waals surface area contributed by atoms with E-state index in [2.05, 4.69) is 5.16 Å². The van der Waals surface area contributed by atoms with Crippen molar-refractivity contribution in [1.29, 1.82) is 0 Å². The van der Waals surface area contributed by atoms with E-state index in [1.165, 1.54) is 0 Å². The first-order valence-corrected chi connectivity index (χ1v) is 6.60. The van der Waals surface area contributed by atoms with Gasteiger partial charge in [0.15, 0.2) is 11.5 Å². The highest BCUT2D eigenvalue weighted by Gasteiger charge is 2.25. The van der Waals surface area contributed by atoms with Crippen molar-refractivity contribution < 1.29 is 19.2 Å². The smallest absolute Gasteiger partial charge is 0.358 e. The van der Waals surface area contributed by atoms with Gasteiger partial charge in [0.25, 0.3) is 0 Å². The summed E-state index contributed by atoms with van der Waals surface area (Å²) in [7, 11) is 1.63. The van der Waals surface area contributed by atoms with Gasteiger partial charge >= 0.3 is 5.97 Å². The summed E-state index contributed by atoms with van der Waals surface area (Å²) in [5.74, 6) is 0.342. The lowest BCUT2D eigenvalue weighted by atomic mass is 9.91. The van der Waals surface area contributed by atoms with Gasteiger partial charge in [0.1, 0.15) is 5.75 Å². The molecule has 1 aromatic heterocycles. The maximum absolute atomic E-state index is 11.2. The first-order chi connectivity index (χ1) is 9.70. The van der Waals surface area contributed by atoms with Crippen molar-refractivity contribution in [3.8, 4) is 17.1 Å². The van der Waals surface area contributed by atoms with E-state index < -0.39 is 5.97 Å². The average molecular weight is 273 g/mol. The van der Waals surface area contributed by atoms with E-state index in [4.69, 9.17) is 9.26 Å². The fourth-order valence-electron chi connectivity index (χ4n) is 2.66. The van der Waals surface area contributed by atoms with Crippen LogP contribution in [-0.2, 0) is 12.8 Å². The van der Waals surface area contributed by atoms with E-state index in [1.807, 2.05) is 18.2 Å². The predicted octanol–water partition coefficient (Wildman–Crippen LogP) is 2.93. The summed E-state index contributed by atoms with van der Waals surface area (Å²) in [6.07, 6.45) is 3.54. The van der Waals surface area contributed by atoms with Gasteiger partial charge in [-0.1, -0.05) is 5.16 Å². The van der Waals surface area contributed by atoms with Crippen LogP contribution < -0.4 is 4.74 Å². The van der Waals surface area contributed by atoms with Crippen LogP contribution >= 0.6 is 0 Å². The summed E-state index contributed by atoms with van der Waals surface area (Å²) in [6, 6.07) is 5.75. The molecule has 5 nitrogen and oxygen atoms in total. The molecule has 1 aromatic carbocycles. The number of aryl methyl sites for hydroxylation is 1. The zero-order chi connectivity index (χ0) is 14.1. The van der Waals surface area contributed by atoms with Gasteiger partial charge in [-0.15, -0.1) is 0 Å². The molecule has 0 atom stereocenters. The SMILES string of the molecule is COc1ccc2c(c1)CCCCc1c(C(=O)O)noc1-2. The molecule has 0 spiro atoms. The molecule has 1 aliphatic rings. The van der Waals surface area contributed by atoms with E-state index in [-0.39, 0.29) is 5.69 Å². The van der Waals surface area contributed by atoms with Crippen LogP contribution in [0, 0.1) is 0 Å². The lowest BCUT2D eigenvalue weighted by Crippen LogP contribution is -2.04. The summed E-state index contributed by atoms with van der Waals surface area (Å²) in [5.41, 5.74) is 2.76. The number of carboxylic acids is 1. The van der Waals surface area contributed by atoms with Crippen LogP contribution in [0.15, 0.2) is 22.7 Å². The Hall–Kier alpha value is -2.30. The Bertz CT molecular complexity index is 660. The van der Waals surface area contributed by atoms with Gasteiger partial charge in [0.05, 0.1) is 7.11 Å². The molecular weight excluding hydrogens is 258 g/mol. The van der Waals surface area contributed by atoms with E-state index >= 15 is 0 Å². The van der Waals surface area contributed by atoms with Gasteiger partial charge in [-0.05, 0) is 49.4 Å². The topological polar surface area (TPSA) is 72.6 Å². The Morgan fingerprint density at radius 1 is 1.35 bits per heavy atom. The zero-order valence-electron chi connectivity index (χ0n) is 11.2. The fraction of sp³-hybridized carbons (Fsp3) is 0.333. The number of hydrogen-bond acceptors (Lipinski definition) is 4. The van der Waals surface area contributed by atoms with Crippen molar-refractivity contribution in [2.75, 3.05) is 7.11 Å². The standard InChI is InChI=1S/C15H15NO4/c1-19-10-6-7-11-9(8-10)4-2-3-5-12-13(15(17)18)16-20-14(11)12/h6-8H,2-5H2,1H3,(H,17,18). The number of rotatable bonds is 2. The number of benzene rings is 1. The zero-order valence-corrected chi connectivity index (χ0v) is 11.2. The molecule has 0 saturated heterocycles. The Morgan fingerprint density at radius 2 is 2.15 bits per heavy atom. The maximum atomic E-state index is 11.2. The highest BCUT2D eigenvalue weighted by molar-refractivity contribution is 5.89. The van der Waals surface area contributed by atoms with Crippen molar-refractivity contribution >= 4 is 5.97 Å². The number of methoxy groups -OCH3 is 1. The van der Waals surface area contributed by atoms with Gasteiger partial charge < -0.3 is 14.4 Å². The Balaban J connectivity index is 2.18.